The molecule has 0 unspecified atom stereocenters. The largest absolute Gasteiger partial charge is 0.335 e. The number of nitrogens with zero attached hydrogens (tertiary/aromatic N) is 3. The van der Waals surface area contributed by atoms with E-state index in [-0.39, 0.29) is 5.91 Å². The van der Waals surface area contributed by atoms with Crippen LogP contribution in [0.4, 0.5) is 0 Å². The van der Waals surface area contributed by atoms with Gasteiger partial charge in [0, 0.05) is 30.4 Å². The van der Waals surface area contributed by atoms with Gasteiger partial charge in [-0.2, -0.15) is 0 Å². The van der Waals surface area contributed by atoms with Crippen LogP contribution >= 0.6 is 11.3 Å². The van der Waals surface area contributed by atoms with Crippen molar-refractivity contribution in [1.29, 1.82) is 0 Å². The molecule has 1 fully saturated rings. The van der Waals surface area contributed by atoms with Crippen molar-refractivity contribution in [2.45, 2.75) is 38.8 Å². The Morgan fingerprint density at radius 3 is 2.88 bits per heavy atom. The molecule has 4 nitrogen and oxygen atoms in total. The van der Waals surface area contributed by atoms with Gasteiger partial charge in [0.25, 0.3) is 0 Å². The van der Waals surface area contributed by atoms with E-state index in [1.807, 2.05) is 45.3 Å². The molecule has 0 bridgehead atoms. The summed E-state index contributed by atoms with van der Waals surface area (Å²) < 4.78 is 1.99. The predicted octanol–water partition coefficient (Wildman–Crippen LogP) is 3.77. The maximum atomic E-state index is 13.0. The molecule has 2 heterocycles. The average molecular weight is 339 g/mol. The number of rotatable bonds is 6. The number of fused-ring (bicyclic) bond motifs is 1. The van der Waals surface area contributed by atoms with Gasteiger partial charge < -0.3 is 4.90 Å². The summed E-state index contributed by atoms with van der Waals surface area (Å²) in [7, 11) is 0. The zero-order valence-corrected chi connectivity index (χ0v) is 14.6. The van der Waals surface area contributed by atoms with Crippen LogP contribution in [0.15, 0.2) is 48.1 Å². The Kier molecular flexibility index (Phi) is 4.10. The highest BCUT2D eigenvalue weighted by molar-refractivity contribution is 7.15. The molecule has 0 saturated heterocycles. The Balaban J connectivity index is 1.52. The fourth-order valence-corrected chi connectivity index (χ4v) is 3.91. The molecule has 24 heavy (non-hydrogen) atoms. The monoisotopic (exact) mass is 339 g/mol. The summed E-state index contributed by atoms with van der Waals surface area (Å²) in [5.74, 6) is 0.826. The topological polar surface area (TPSA) is 37.6 Å². The van der Waals surface area contributed by atoms with Gasteiger partial charge in [-0.25, -0.2) is 4.98 Å². The number of carbonyl (C=O) groups is 1. The molecular formula is C19H21N3OS. The molecule has 1 aromatic carbocycles. The van der Waals surface area contributed by atoms with Gasteiger partial charge in [-0.1, -0.05) is 30.3 Å². The van der Waals surface area contributed by atoms with Gasteiger partial charge in [-0.15, -0.1) is 11.3 Å². The molecule has 1 atom stereocenters. The number of hydrogen-bond donors (Lipinski definition) is 0. The second-order valence-corrected chi connectivity index (χ2v) is 7.46. The predicted molar refractivity (Wildman–Crippen MR) is 96.0 cm³/mol. The van der Waals surface area contributed by atoms with E-state index >= 15 is 0 Å². The van der Waals surface area contributed by atoms with E-state index in [9.17, 15) is 4.79 Å². The lowest BCUT2D eigenvalue weighted by molar-refractivity contribution is -0.133. The minimum atomic E-state index is 0.170. The molecule has 1 saturated carbocycles. The van der Waals surface area contributed by atoms with Crippen LogP contribution in [0.5, 0.6) is 0 Å². The summed E-state index contributed by atoms with van der Waals surface area (Å²) in [6.45, 7) is 2.86. The van der Waals surface area contributed by atoms with Gasteiger partial charge >= 0.3 is 0 Å². The third-order valence-electron chi connectivity index (χ3n) is 4.79. The van der Waals surface area contributed by atoms with Gasteiger partial charge in [0.15, 0.2) is 4.96 Å². The van der Waals surface area contributed by atoms with Crippen LogP contribution in [0.25, 0.3) is 4.96 Å². The zero-order valence-electron chi connectivity index (χ0n) is 13.8. The fourth-order valence-electron chi connectivity index (χ4n) is 3.19. The van der Waals surface area contributed by atoms with E-state index in [0.717, 1.165) is 10.7 Å². The van der Waals surface area contributed by atoms with Crippen LogP contribution in [0.2, 0.25) is 0 Å². The first kappa shape index (κ1) is 15.4. The standard InChI is InChI=1S/C19H21N3OS/c1-14(16-7-8-16)22(12-15-5-3-2-4-6-15)18(23)11-17-13-21-9-10-24-19(21)20-17/h2-6,9-10,13-14,16H,7-8,11-12H2,1H3/t14-/m0/s1. The van der Waals surface area contributed by atoms with Crippen LogP contribution in [-0.2, 0) is 17.8 Å². The van der Waals surface area contributed by atoms with Crippen molar-refractivity contribution >= 4 is 22.2 Å². The van der Waals surface area contributed by atoms with E-state index in [2.05, 4.69) is 24.0 Å². The number of carbonyl (C=O) groups excluding carboxylic acids is 1. The molecule has 5 heteroatoms. The fraction of sp³-hybridized carbons (Fsp3) is 0.368. The van der Waals surface area contributed by atoms with Crippen molar-refractivity contribution in [3.8, 4) is 0 Å². The van der Waals surface area contributed by atoms with Crippen molar-refractivity contribution in [1.82, 2.24) is 14.3 Å². The minimum Gasteiger partial charge on any atom is -0.335 e. The number of amides is 1. The molecule has 1 amide bonds. The number of aromatic nitrogens is 2. The Hall–Kier alpha value is -2.14. The SMILES string of the molecule is C[C@@H](C1CC1)N(Cc1ccccc1)C(=O)Cc1cn2ccsc2n1. The summed E-state index contributed by atoms with van der Waals surface area (Å²) >= 11 is 1.59. The molecule has 124 valence electrons. The summed E-state index contributed by atoms with van der Waals surface area (Å²) in [6, 6.07) is 10.5. The highest BCUT2D eigenvalue weighted by atomic mass is 32.1. The molecule has 4 rings (SSSR count). The highest BCUT2D eigenvalue weighted by Gasteiger charge is 2.34. The number of thiazole rings is 1. The average Bonchev–Trinajstić information content (AvgIpc) is 3.24. The van der Waals surface area contributed by atoms with Crippen molar-refractivity contribution in [2.24, 2.45) is 5.92 Å². The van der Waals surface area contributed by atoms with Gasteiger partial charge in [0.05, 0.1) is 12.1 Å². The molecule has 3 aromatic rings. The molecule has 1 aliphatic carbocycles. The van der Waals surface area contributed by atoms with Crippen molar-refractivity contribution < 1.29 is 4.79 Å². The van der Waals surface area contributed by atoms with Crippen LogP contribution in [0, 0.1) is 5.92 Å². The first-order valence-corrected chi connectivity index (χ1v) is 9.33. The number of imidazole rings is 1. The van der Waals surface area contributed by atoms with Crippen LogP contribution < -0.4 is 0 Å². The molecule has 0 spiro atoms. The van der Waals surface area contributed by atoms with Gasteiger partial charge in [-0.05, 0) is 31.2 Å². The van der Waals surface area contributed by atoms with E-state index in [1.54, 1.807) is 11.3 Å². The summed E-state index contributed by atoms with van der Waals surface area (Å²) in [6.07, 6.45) is 6.79. The number of hydrogen-bond acceptors (Lipinski definition) is 3. The van der Waals surface area contributed by atoms with Crippen molar-refractivity contribution in [3.05, 3.63) is 59.4 Å². The third-order valence-corrected chi connectivity index (χ3v) is 5.56. The lowest BCUT2D eigenvalue weighted by Gasteiger charge is -2.29. The van der Waals surface area contributed by atoms with Gasteiger partial charge in [-0.3, -0.25) is 9.20 Å². The van der Waals surface area contributed by atoms with Crippen molar-refractivity contribution in [2.75, 3.05) is 0 Å². The highest BCUT2D eigenvalue weighted by Crippen LogP contribution is 2.36. The summed E-state index contributed by atoms with van der Waals surface area (Å²) in [5.41, 5.74) is 2.04. The maximum absolute atomic E-state index is 13.0. The zero-order chi connectivity index (χ0) is 16.5. The second kappa shape index (κ2) is 6.40. The molecular weight excluding hydrogens is 318 g/mol. The smallest absolute Gasteiger partial charge is 0.229 e. The molecule has 0 aliphatic heterocycles. The van der Waals surface area contributed by atoms with Gasteiger partial charge in [0.2, 0.25) is 5.91 Å². The minimum absolute atomic E-state index is 0.170. The quantitative estimate of drug-likeness (QED) is 0.686. The first-order valence-electron chi connectivity index (χ1n) is 8.45. The van der Waals surface area contributed by atoms with E-state index in [1.165, 1.54) is 18.4 Å². The van der Waals surface area contributed by atoms with Crippen LogP contribution in [0.1, 0.15) is 31.0 Å². The molecule has 2 aromatic heterocycles. The van der Waals surface area contributed by atoms with E-state index in [4.69, 9.17) is 0 Å². The normalized spacial score (nSPS) is 15.5. The van der Waals surface area contributed by atoms with Crippen LogP contribution in [0.3, 0.4) is 0 Å². The van der Waals surface area contributed by atoms with E-state index in [0.29, 0.717) is 24.9 Å². The summed E-state index contributed by atoms with van der Waals surface area (Å²) in [5, 5.41) is 2.00. The van der Waals surface area contributed by atoms with Crippen molar-refractivity contribution in [3.63, 3.8) is 0 Å². The molecule has 0 N–H and O–H groups in total. The van der Waals surface area contributed by atoms with E-state index < -0.39 is 0 Å². The second-order valence-electron chi connectivity index (χ2n) is 6.59. The Morgan fingerprint density at radius 1 is 1.38 bits per heavy atom. The third kappa shape index (κ3) is 3.22. The molecule has 0 radical (unpaired) electrons. The summed E-state index contributed by atoms with van der Waals surface area (Å²) in [4.78, 5) is 20.5. The Morgan fingerprint density at radius 2 is 2.17 bits per heavy atom. The lowest BCUT2D eigenvalue weighted by Crippen LogP contribution is -2.40. The van der Waals surface area contributed by atoms with Gasteiger partial charge in [0.1, 0.15) is 0 Å². The number of benzene rings is 1. The van der Waals surface area contributed by atoms with Crippen LogP contribution in [-0.4, -0.2) is 26.2 Å². The first-order chi connectivity index (χ1) is 11.7. The Bertz CT molecular complexity index is 806. The lowest BCUT2D eigenvalue weighted by atomic mass is 10.1. The maximum Gasteiger partial charge on any atom is 0.229 e. The Labute approximate surface area is 145 Å². The molecule has 1 aliphatic rings.